The first-order valence-corrected chi connectivity index (χ1v) is 5.49. The van der Waals surface area contributed by atoms with Crippen molar-refractivity contribution >= 4 is 11.7 Å². The van der Waals surface area contributed by atoms with Gasteiger partial charge in [0.1, 0.15) is 5.82 Å². The Kier molecular flexibility index (Phi) is 3.46. The van der Waals surface area contributed by atoms with Crippen LogP contribution in [-0.4, -0.2) is 15.7 Å². The Morgan fingerprint density at radius 3 is 2.84 bits per heavy atom. The Balaban J connectivity index is 2.10. The van der Waals surface area contributed by atoms with Crippen molar-refractivity contribution < 1.29 is 13.6 Å². The molecule has 0 saturated heterocycles. The van der Waals surface area contributed by atoms with E-state index in [2.05, 4.69) is 10.4 Å². The first kappa shape index (κ1) is 13.0. The molecule has 2 aromatic rings. The van der Waals surface area contributed by atoms with Crippen LogP contribution in [0.15, 0.2) is 24.4 Å². The van der Waals surface area contributed by atoms with Crippen LogP contribution in [0, 0.1) is 11.6 Å². The highest BCUT2D eigenvalue weighted by Crippen LogP contribution is 2.12. The van der Waals surface area contributed by atoms with Gasteiger partial charge in [0.15, 0.2) is 11.6 Å². The molecule has 0 unspecified atom stereocenters. The predicted octanol–water partition coefficient (Wildman–Crippen LogP) is 1.21. The molecule has 1 aromatic carbocycles. The lowest BCUT2D eigenvalue weighted by Gasteiger charge is -2.06. The van der Waals surface area contributed by atoms with E-state index in [0.717, 1.165) is 6.07 Å². The molecule has 2 rings (SSSR count). The number of anilines is 1. The summed E-state index contributed by atoms with van der Waals surface area (Å²) < 4.78 is 27.8. The van der Waals surface area contributed by atoms with Crippen LogP contribution in [-0.2, 0) is 13.6 Å². The average Bonchev–Trinajstić information content (AvgIpc) is 2.70. The summed E-state index contributed by atoms with van der Waals surface area (Å²) in [4.78, 5) is 11.7. The van der Waals surface area contributed by atoms with Crippen LogP contribution in [0.3, 0.4) is 0 Å². The molecule has 1 heterocycles. The number of aromatic nitrogens is 2. The van der Waals surface area contributed by atoms with Crippen molar-refractivity contribution in [2.75, 3.05) is 5.73 Å². The fourth-order valence-corrected chi connectivity index (χ4v) is 1.58. The third kappa shape index (κ3) is 2.54. The minimum absolute atomic E-state index is 0.0917. The Morgan fingerprint density at radius 1 is 1.47 bits per heavy atom. The molecule has 0 radical (unpaired) electrons. The lowest BCUT2D eigenvalue weighted by atomic mass is 10.2. The highest BCUT2D eigenvalue weighted by atomic mass is 19.2. The zero-order chi connectivity index (χ0) is 14.0. The Bertz CT molecular complexity index is 624. The average molecular weight is 266 g/mol. The van der Waals surface area contributed by atoms with Crippen LogP contribution in [0.1, 0.15) is 15.9 Å². The number of nitrogen functional groups attached to an aromatic ring is 1. The molecule has 0 aliphatic rings. The van der Waals surface area contributed by atoms with Crippen molar-refractivity contribution in [3.63, 3.8) is 0 Å². The zero-order valence-electron chi connectivity index (χ0n) is 10.2. The van der Waals surface area contributed by atoms with E-state index < -0.39 is 17.5 Å². The molecule has 0 bridgehead atoms. The minimum Gasteiger partial charge on any atom is -0.384 e. The van der Waals surface area contributed by atoms with Crippen molar-refractivity contribution in [2.45, 2.75) is 6.54 Å². The topological polar surface area (TPSA) is 72.9 Å². The zero-order valence-corrected chi connectivity index (χ0v) is 10.2. The van der Waals surface area contributed by atoms with E-state index in [9.17, 15) is 13.6 Å². The molecule has 0 aliphatic heterocycles. The van der Waals surface area contributed by atoms with Crippen LogP contribution in [0.5, 0.6) is 0 Å². The second-order valence-electron chi connectivity index (χ2n) is 3.96. The maximum atomic E-state index is 13.4. The van der Waals surface area contributed by atoms with Crippen molar-refractivity contribution in [1.82, 2.24) is 15.1 Å². The molecular weight excluding hydrogens is 254 g/mol. The molecule has 0 saturated carbocycles. The van der Waals surface area contributed by atoms with Crippen molar-refractivity contribution in [3.05, 3.63) is 47.2 Å². The van der Waals surface area contributed by atoms with Crippen LogP contribution in [0.25, 0.3) is 0 Å². The number of nitrogens with zero attached hydrogens (tertiary/aromatic N) is 2. The van der Waals surface area contributed by atoms with Crippen molar-refractivity contribution in [1.29, 1.82) is 0 Å². The van der Waals surface area contributed by atoms with Crippen molar-refractivity contribution in [2.24, 2.45) is 7.05 Å². The van der Waals surface area contributed by atoms with Gasteiger partial charge in [0.05, 0.1) is 11.8 Å². The molecule has 5 nitrogen and oxygen atoms in total. The monoisotopic (exact) mass is 266 g/mol. The highest BCUT2D eigenvalue weighted by Gasteiger charge is 2.15. The van der Waals surface area contributed by atoms with Gasteiger partial charge in [-0.3, -0.25) is 9.48 Å². The predicted molar refractivity (Wildman–Crippen MR) is 65.1 cm³/mol. The number of rotatable bonds is 3. The van der Waals surface area contributed by atoms with Gasteiger partial charge >= 0.3 is 0 Å². The molecule has 0 spiro atoms. The summed E-state index contributed by atoms with van der Waals surface area (Å²) in [5, 5.41) is 6.36. The molecule has 0 fully saturated rings. The summed E-state index contributed by atoms with van der Waals surface area (Å²) in [6.45, 7) is 0.0917. The van der Waals surface area contributed by atoms with E-state index in [0.29, 0.717) is 11.4 Å². The summed E-state index contributed by atoms with van der Waals surface area (Å²) in [6.07, 6.45) is 1.50. The maximum absolute atomic E-state index is 13.4. The SMILES string of the molecule is Cn1ncc(CNC(=O)c2cccc(F)c2F)c1N. The number of halogens is 2. The maximum Gasteiger partial charge on any atom is 0.254 e. The van der Waals surface area contributed by atoms with E-state index in [1.54, 1.807) is 7.05 Å². The number of hydrogen-bond acceptors (Lipinski definition) is 3. The number of nitrogens with one attached hydrogen (secondary N) is 1. The molecule has 100 valence electrons. The van der Waals surface area contributed by atoms with Crippen molar-refractivity contribution in [3.8, 4) is 0 Å². The fourth-order valence-electron chi connectivity index (χ4n) is 1.58. The molecule has 0 atom stereocenters. The summed E-state index contributed by atoms with van der Waals surface area (Å²) in [5.41, 5.74) is 5.96. The molecular formula is C12H12F2N4O. The lowest BCUT2D eigenvalue weighted by Crippen LogP contribution is -2.24. The van der Waals surface area contributed by atoms with Gasteiger partial charge in [-0.2, -0.15) is 5.10 Å². The highest BCUT2D eigenvalue weighted by molar-refractivity contribution is 5.94. The number of aryl methyl sites for hydroxylation is 1. The van der Waals surface area contributed by atoms with Gasteiger partial charge in [0.2, 0.25) is 0 Å². The second kappa shape index (κ2) is 5.05. The third-order valence-electron chi connectivity index (χ3n) is 2.70. The summed E-state index contributed by atoms with van der Waals surface area (Å²) in [5.74, 6) is -2.53. The first-order valence-electron chi connectivity index (χ1n) is 5.49. The summed E-state index contributed by atoms with van der Waals surface area (Å²) >= 11 is 0. The molecule has 1 amide bonds. The standard InChI is InChI=1S/C12H12F2N4O/c1-18-11(15)7(6-17-18)5-16-12(19)8-3-2-4-9(13)10(8)14/h2-4,6H,5,15H2,1H3,(H,16,19). The molecule has 3 N–H and O–H groups in total. The quantitative estimate of drug-likeness (QED) is 0.877. The van der Waals surface area contributed by atoms with Crippen LogP contribution >= 0.6 is 0 Å². The van der Waals surface area contributed by atoms with Gasteiger partial charge in [0, 0.05) is 19.2 Å². The van der Waals surface area contributed by atoms with E-state index in [4.69, 9.17) is 5.73 Å². The number of nitrogens with two attached hydrogens (primary N) is 1. The van der Waals surface area contributed by atoms with E-state index in [1.807, 2.05) is 0 Å². The smallest absolute Gasteiger partial charge is 0.254 e. The Hall–Kier alpha value is -2.44. The first-order chi connectivity index (χ1) is 9.00. The molecule has 7 heteroatoms. The van der Waals surface area contributed by atoms with Gasteiger partial charge in [-0.05, 0) is 12.1 Å². The van der Waals surface area contributed by atoms with Crippen LogP contribution in [0.2, 0.25) is 0 Å². The lowest BCUT2D eigenvalue weighted by molar-refractivity contribution is 0.0946. The normalized spacial score (nSPS) is 10.5. The fraction of sp³-hybridized carbons (Fsp3) is 0.167. The third-order valence-corrected chi connectivity index (χ3v) is 2.70. The second-order valence-corrected chi connectivity index (χ2v) is 3.96. The van der Waals surface area contributed by atoms with E-state index >= 15 is 0 Å². The van der Waals surface area contributed by atoms with E-state index in [-0.39, 0.29) is 12.1 Å². The van der Waals surface area contributed by atoms with E-state index in [1.165, 1.54) is 23.0 Å². The van der Waals surface area contributed by atoms with Gasteiger partial charge in [-0.15, -0.1) is 0 Å². The number of benzene rings is 1. The molecule has 1 aromatic heterocycles. The Morgan fingerprint density at radius 2 is 2.21 bits per heavy atom. The number of hydrogen-bond donors (Lipinski definition) is 2. The molecule has 19 heavy (non-hydrogen) atoms. The number of carbonyl (C=O) groups is 1. The summed E-state index contributed by atoms with van der Waals surface area (Å²) in [7, 11) is 1.66. The summed E-state index contributed by atoms with van der Waals surface area (Å²) in [6, 6.07) is 3.43. The van der Waals surface area contributed by atoms with Gasteiger partial charge < -0.3 is 11.1 Å². The number of amides is 1. The Labute approximate surface area is 108 Å². The minimum atomic E-state index is -1.17. The van der Waals surface area contributed by atoms with Gasteiger partial charge in [-0.1, -0.05) is 6.07 Å². The largest absolute Gasteiger partial charge is 0.384 e. The van der Waals surface area contributed by atoms with Gasteiger partial charge in [-0.25, -0.2) is 8.78 Å². The molecule has 0 aliphatic carbocycles. The van der Waals surface area contributed by atoms with Crippen LogP contribution < -0.4 is 11.1 Å². The number of carbonyl (C=O) groups excluding carboxylic acids is 1. The van der Waals surface area contributed by atoms with Gasteiger partial charge in [0.25, 0.3) is 5.91 Å². The van der Waals surface area contributed by atoms with Crippen LogP contribution in [0.4, 0.5) is 14.6 Å².